The van der Waals surface area contributed by atoms with Gasteiger partial charge >= 0.3 is 0 Å². The van der Waals surface area contributed by atoms with Gasteiger partial charge in [-0.2, -0.15) is 10.2 Å². The first-order valence-electron chi connectivity index (χ1n) is 7.04. The van der Waals surface area contributed by atoms with Crippen LogP contribution in [0, 0.1) is 0 Å². The quantitative estimate of drug-likeness (QED) is 0.740. The van der Waals surface area contributed by atoms with Crippen LogP contribution >= 0.6 is 0 Å². The number of aromatic nitrogens is 5. The van der Waals surface area contributed by atoms with Crippen molar-refractivity contribution in [2.75, 3.05) is 12.3 Å². The molecule has 2 aromatic rings. The van der Waals surface area contributed by atoms with Gasteiger partial charge in [0.1, 0.15) is 11.9 Å². The summed E-state index contributed by atoms with van der Waals surface area (Å²) in [5.41, 5.74) is 11.9. The first-order valence-corrected chi connectivity index (χ1v) is 7.04. The minimum Gasteiger partial charge on any atom is -0.383 e. The topological polar surface area (TPSA) is 136 Å². The Morgan fingerprint density at radius 3 is 2.91 bits per heavy atom. The molecule has 0 fully saturated rings. The Kier molecular flexibility index (Phi) is 3.49. The molecule has 1 unspecified atom stereocenters. The van der Waals surface area contributed by atoms with Crippen LogP contribution in [-0.2, 0) is 6.54 Å². The minimum absolute atomic E-state index is 0.209. The lowest BCUT2D eigenvalue weighted by atomic mass is 9.94. The van der Waals surface area contributed by atoms with Gasteiger partial charge in [-0.25, -0.2) is 9.67 Å². The van der Waals surface area contributed by atoms with Gasteiger partial charge in [0.15, 0.2) is 11.6 Å². The molecule has 0 bridgehead atoms. The van der Waals surface area contributed by atoms with E-state index in [-0.39, 0.29) is 11.6 Å². The number of hydrogen-bond acceptors (Lipinski definition) is 7. The first-order chi connectivity index (χ1) is 10.5. The zero-order chi connectivity index (χ0) is 15.7. The van der Waals surface area contributed by atoms with Crippen molar-refractivity contribution in [2.45, 2.75) is 32.0 Å². The number of nitrogens with two attached hydrogens (primary N) is 2. The number of nitrogens with one attached hydrogen (secondary N) is 1. The first kappa shape index (κ1) is 14.4. The second kappa shape index (κ2) is 5.34. The fraction of sp³-hybridized carbons (Fsp3) is 0.462. The molecular formula is C13H19N9. The minimum atomic E-state index is -0.374. The Morgan fingerprint density at radius 1 is 1.36 bits per heavy atom. The van der Waals surface area contributed by atoms with Crippen LogP contribution in [0.25, 0.3) is 11.4 Å². The molecule has 1 atom stereocenters. The molecule has 1 aliphatic heterocycles. The van der Waals surface area contributed by atoms with Crippen LogP contribution in [-0.4, -0.2) is 49.5 Å². The normalized spacial score (nSPS) is 19.7. The van der Waals surface area contributed by atoms with Gasteiger partial charge in [0.25, 0.3) is 0 Å². The molecule has 0 aliphatic carbocycles. The smallest absolute Gasteiger partial charge is 0.186 e. The van der Waals surface area contributed by atoms with Gasteiger partial charge in [0, 0.05) is 19.0 Å². The van der Waals surface area contributed by atoms with Crippen molar-refractivity contribution in [1.29, 1.82) is 0 Å². The number of hydrogen-bond donors (Lipinski definition) is 3. The van der Waals surface area contributed by atoms with E-state index in [2.05, 4.69) is 30.3 Å². The fourth-order valence-electron chi connectivity index (χ4n) is 2.39. The molecule has 0 saturated carbocycles. The number of nitrogen functional groups attached to an aromatic ring is 1. The summed E-state index contributed by atoms with van der Waals surface area (Å²) in [6, 6.07) is -0.209. The average Bonchev–Trinajstić information content (AvgIpc) is 3.07. The lowest BCUT2D eigenvalue weighted by Gasteiger charge is -2.27. The third-order valence-corrected chi connectivity index (χ3v) is 3.60. The highest BCUT2D eigenvalue weighted by Crippen LogP contribution is 2.33. The predicted molar refractivity (Wildman–Crippen MR) is 84.9 cm³/mol. The molecule has 0 amide bonds. The Morgan fingerprint density at radius 2 is 2.18 bits per heavy atom. The van der Waals surface area contributed by atoms with E-state index in [1.54, 1.807) is 23.3 Å². The standard InChI is InChI=1S/C13H19N9/c1-13(2)9(16-4-5-17-13)12-19-11(20-21-12)8-7-18-22(6-3-14)10(8)15/h4-5,7,9H,3,6,14-15H2,1-2H3,(H,19,20,21). The molecule has 116 valence electrons. The maximum Gasteiger partial charge on any atom is 0.186 e. The van der Waals surface area contributed by atoms with Crippen LogP contribution in [0.15, 0.2) is 16.2 Å². The molecule has 5 N–H and O–H groups in total. The van der Waals surface area contributed by atoms with Gasteiger partial charge in [0.05, 0.1) is 23.8 Å². The van der Waals surface area contributed by atoms with Gasteiger partial charge in [-0.3, -0.25) is 15.1 Å². The Labute approximate surface area is 127 Å². The summed E-state index contributed by atoms with van der Waals surface area (Å²) >= 11 is 0. The molecule has 0 aromatic carbocycles. The molecule has 9 nitrogen and oxygen atoms in total. The van der Waals surface area contributed by atoms with Gasteiger partial charge < -0.3 is 11.5 Å². The van der Waals surface area contributed by atoms with Gasteiger partial charge in [-0.15, -0.1) is 0 Å². The highest BCUT2D eigenvalue weighted by atomic mass is 15.3. The molecular weight excluding hydrogens is 282 g/mol. The SMILES string of the molecule is CC1(C)N=CC=NC1c1nc(-c2cnn(CCN)c2N)n[nH]1. The van der Waals surface area contributed by atoms with Crippen LogP contribution in [0.2, 0.25) is 0 Å². The maximum absolute atomic E-state index is 6.06. The van der Waals surface area contributed by atoms with E-state index in [4.69, 9.17) is 11.5 Å². The van der Waals surface area contributed by atoms with Crippen molar-refractivity contribution in [2.24, 2.45) is 15.7 Å². The number of H-pyrrole nitrogens is 1. The van der Waals surface area contributed by atoms with Gasteiger partial charge in [0.2, 0.25) is 0 Å². The summed E-state index contributed by atoms with van der Waals surface area (Å²) in [6.07, 6.45) is 5.01. The second-order valence-corrected chi connectivity index (χ2v) is 5.63. The van der Waals surface area contributed by atoms with E-state index in [1.165, 1.54) is 0 Å². The van der Waals surface area contributed by atoms with E-state index < -0.39 is 0 Å². The zero-order valence-corrected chi connectivity index (χ0v) is 12.6. The van der Waals surface area contributed by atoms with Crippen molar-refractivity contribution in [3.05, 3.63) is 12.0 Å². The van der Waals surface area contributed by atoms with E-state index in [0.29, 0.717) is 36.1 Å². The molecule has 0 radical (unpaired) electrons. The van der Waals surface area contributed by atoms with Crippen LogP contribution in [0.5, 0.6) is 0 Å². The molecule has 2 aromatic heterocycles. The third kappa shape index (κ3) is 2.39. The number of aliphatic imine (C=N–C) groups is 2. The summed E-state index contributed by atoms with van der Waals surface area (Å²) in [7, 11) is 0. The molecule has 0 saturated heterocycles. The zero-order valence-electron chi connectivity index (χ0n) is 12.6. The summed E-state index contributed by atoms with van der Waals surface area (Å²) in [5, 5.41) is 11.4. The highest BCUT2D eigenvalue weighted by molar-refractivity contribution is 6.16. The molecule has 22 heavy (non-hydrogen) atoms. The predicted octanol–water partition coefficient (Wildman–Crippen LogP) is 0.184. The van der Waals surface area contributed by atoms with Crippen molar-refractivity contribution >= 4 is 18.2 Å². The summed E-state index contributed by atoms with van der Waals surface area (Å²) < 4.78 is 1.64. The second-order valence-electron chi connectivity index (χ2n) is 5.63. The summed E-state index contributed by atoms with van der Waals surface area (Å²) in [5.74, 6) is 1.65. The van der Waals surface area contributed by atoms with Crippen LogP contribution in [0.3, 0.4) is 0 Å². The number of nitrogens with zero attached hydrogens (tertiary/aromatic N) is 6. The van der Waals surface area contributed by atoms with Crippen molar-refractivity contribution < 1.29 is 0 Å². The highest BCUT2D eigenvalue weighted by Gasteiger charge is 2.33. The fourth-order valence-corrected chi connectivity index (χ4v) is 2.39. The number of aromatic amines is 1. The maximum atomic E-state index is 6.06. The van der Waals surface area contributed by atoms with Gasteiger partial charge in [-0.1, -0.05) is 0 Å². The van der Waals surface area contributed by atoms with Crippen LogP contribution in [0.1, 0.15) is 25.7 Å². The van der Waals surface area contributed by atoms with Crippen LogP contribution < -0.4 is 11.5 Å². The van der Waals surface area contributed by atoms with Crippen molar-refractivity contribution in [1.82, 2.24) is 25.0 Å². The molecule has 3 heterocycles. The van der Waals surface area contributed by atoms with E-state index in [1.807, 2.05) is 13.8 Å². The third-order valence-electron chi connectivity index (χ3n) is 3.60. The lowest BCUT2D eigenvalue weighted by Crippen LogP contribution is -2.29. The molecule has 3 rings (SSSR count). The van der Waals surface area contributed by atoms with Crippen molar-refractivity contribution in [3.8, 4) is 11.4 Å². The Hall–Kier alpha value is -2.55. The van der Waals surface area contributed by atoms with Gasteiger partial charge in [-0.05, 0) is 13.8 Å². The average molecular weight is 301 g/mol. The monoisotopic (exact) mass is 301 g/mol. The van der Waals surface area contributed by atoms with E-state index in [9.17, 15) is 0 Å². The number of rotatable bonds is 4. The number of anilines is 1. The Balaban J connectivity index is 1.91. The summed E-state index contributed by atoms with van der Waals surface area (Å²) in [4.78, 5) is 13.4. The summed E-state index contributed by atoms with van der Waals surface area (Å²) in [6.45, 7) is 5.02. The molecule has 0 spiro atoms. The van der Waals surface area contributed by atoms with Crippen molar-refractivity contribution in [3.63, 3.8) is 0 Å². The lowest BCUT2D eigenvalue weighted by molar-refractivity contribution is 0.410. The van der Waals surface area contributed by atoms with Crippen LogP contribution in [0.4, 0.5) is 5.82 Å². The largest absolute Gasteiger partial charge is 0.383 e. The molecule has 1 aliphatic rings. The van der Waals surface area contributed by atoms with E-state index in [0.717, 1.165) is 0 Å². The Bertz CT molecular complexity index is 722. The van der Waals surface area contributed by atoms with E-state index >= 15 is 0 Å². The molecule has 9 heteroatoms.